The van der Waals surface area contributed by atoms with Crippen molar-refractivity contribution in [2.24, 2.45) is 0 Å². The van der Waals surface area contributed by atoms with E-state index in [0.29, 0.717) is 16.6 Å². The lowest BCUT2D eigenvalue weighted by molar-refractivity contribution is 0.453. The summed E-state index contributed by atoms with van der Waals surface area (Å²) in [7, 11) is 0. The molecule has 13 heavy (non-hydrogen) atoms. The van der Waals surface area contributed by atoms with Gasteiger partial charge in [-0.3, -0.25) is 0 Å². The van der Waals surface area contributed by atoms with Crippen LogP contribution in [0.4, 0.5) is 0 Å². The van der Waals surface area contributed by atoms with Crippen LogP contribution in [0.2, 0.25) is 0 Å². The summed E-state index contributed by atoms with van der Waals surface area (Å²) in [6.45, 7) is 1.75. The summed E-state index contributed by atoms with van der Waals surface area (Å²) in [4.78, 5) is 3.63. The number of hydrogen-bond donors (Lipinski definition) is 1. The van der Waals surface area contributed by atoms with Gasteiger partial charge in [-0.05, 0) is 12.5 Å². The van der Waals surface area contributed by atoms with Crippen LogP contribution in [0.3, 0.4) is 0 Å². The normalized spacial score (nSPS) is 10.2. The highest BCUT2D eigenvalue weighted by molar-refractivity contribution is 5.66. The molecule has 0 aromatic carbocycles. The molecule has 0 spiro atoms. The van der Waals surface area contributed by atoms with E-state index in [9.17, 15) is 5.11 Å². The fourth-order valence-electron chi connectivity index (χ4n) is 1.25. The first-order valence-corrected chi connectivity index (χ1v) is 3.66. The van der Waals surface area contributed by atoms with E-state index in [-0.39, 0.29) is 5.88 Å². The predicted molar refractivity (Wildman–Crippen MR) is 44.1 cm³/mol. The number of aryl methyl sites for hydroxylation is 1. The quantitative estimate of drug-likeness (QED) is 0.635. The van der Waals surface area contributed by atoms with Crippen LogP contribution in [0.1, 0.15) is 11.1 Å². The van der Waals surface area contributed by atoms with Crippen LogP contribution in [-0.4, -0.2) is 19.7 Å². The number of aromatic nitrogens is 3. The molecule has 0 saturated carbocycles. The monoisotopic (exact) mass is 174 g/mol. The zero-order valence-electron chi connectivity index (χ0n) is 6.89. The Bertz CT molecular complexity index is 509. The van der Waals surface area contributed by atoms with E-state index in [4.69, 9.17) is 5.26 Å². The maximum absolute atomic E-state index is 9.38. The van der Waals surface area contributed by atoms with Gasteiger partial charge in [-0.25, -0.2) is 4.52 Å². The molecule has 0 fully saturated rings. The summed E-state index contributed by atoms with van der Waals surface area (Å²) in [6, 6.07) is 2.01. The molecule has 64 valence electrons. The first-order chi connectivity index (χ1) is 6.24. The topological polar surface area (TPSA) is 74.2 Å². The third kappa shape index (κ3) is 0.924. The second kappa shape index (κ2) is 2.45. The molecule has 0 atom stereocenters. The average Bonchev–Trinajstić information content (AvgIpc) is 2.44. The van der Waals surface area contributed by atoms with E-state index >= 15 is 0 Å². The number of nitrogens with zero attached hydrogens (tertiary/aromatic N) is 4. The largest absolute Gasteiger partial charge is 0.492 e. The maximum Gasteiger partial charge on any atom is 0.239 e. The minimum Gasteiger partial charge on any atom is -0.492 e. The van der Waals surface area contributed by atoms with E-state index in [0.717, 1.165) is 0 Å². The van der Waals surface area contributed by atoms with Crippen molar-refractivity contribution in [3.8, 4) is 11.9 Å². The van der Waals surface area contributed by atoms with Crippen molar-refractivity contribution in [1.82, 2.24) is 14.6 Å². The molecule has 2 aromatic heterocycles. The smallest absolute Gasteiger partial charge is 0.239 e. The first-order valence-electron chi connectivity index (χ1n) is 3.66. The lowest BCUT2D eigenvalue weighted by atomic mass is 10.2. The van der Waals surface area contributed by atoms with Crippen molar-refractivity contribution in [3.63, 3.8) is 0 Å². The van der Waals surface area contributed by atoms with Crippen LogP contribution in [0.15, 0.2) is 12.5 Å². The molecule has 0 radical (unpaired) electrons. The van der Waals surface area contributed by atoms with Crippen LogP contribution >= 0.6 is 0 Å². The zero-order chi connectivity index (χ0) is 9.42. The van der Waals surface area contributed by atoms with Crippen molar-refractivity contribution in [2.45, 2.75) is 6.92 Å². The summed E-state index contributed by atoms with van der Waals surface area (Å²) in [5, 5.41) is 22.0. The summed E-state index contributed by atoms with van der Waals surface area (Å²) in [5.74, 6) is -0.103. The Hall–Kier alpha value is -2.09. The van der Waals surface area contributed by atoms with Gasteiger partial charge in [-0.15, -0.1) is 0 Å². The van der Waals surface area contributed by atoms with Crippen LogP contribution in [0.25, 0.3) is 5.52 Å². The summed E-state index contributed by atoms with van der Waals surface area (Å²) in [5.41, 5.74) is 1.68. The highest BCUT2D eigenvalue weighted by Crippen LogP contribution is 2.21. The van der Waals surface area contributed by atoms with E-state index < -0.39 is 0 Å². The van der Waals surface area contributed by atoms with Gasteiger partial charge in [0.15, 0.2) is 0 Å². The second-order valence-electron chi connectivity index (χ2n) is 2.66. The van der Waals surface area contributed by atoms with Crippen molar-refractivity contribution in [1.29, 1.82) is 5.26 Å². The Balaban J connectivity index is 2.95. The number of hydrogen-bond acceptors (Lipinski definition) is 4. The molecule has 5 heteroatoms. The highest BCUT2D eigenvalue weighted by atomic mass is 16.3. The molecule has 0 amide bonds. The van der Waals surface area contributed by atoms with Gasteiger partial charge in [0.1, 0.15) is 17.9 Å². The van der Waals surface area contributed by atoms with Gasteiger partial charge in [0.25, 0.3) is 0 Å². The van der Waals surface area contributed by atoms with Gasteiger partial charge in [-0.1, -0.05) is 0 Å². The Kier molecular flexibility index (Phi) is 1.43. The highest BCUT2D eigenvalue weighted by Gasteiger charge is 2.10. The molecule has 2 aromatic rings. The van der Waals surface area contributed by atoms with Crippen LogP contribution in [0, 0.1) is 18.3 Å². The summed E-state index contributed by atoms with van der Waals surface area (Å²) < 4.78 is 1.44. The van der Waals surface area contributed by atoms with Gasteiger partial charge in [0.05, 0.1) is 5.56 Å². The maximum atomic E-state index is 9.38. The SMILES string of the molecule is Cc1c(C#N)cn2ncnc(O)c12. The van der Waals surface area contributed by atoms with Crippen molar-refractivity contribution in [3.05, 3.63) is 23.7 Å². The van der Waals surface area contributed by atoms with Crippen LogP contribution in [-0.2, 0) is 0 Å². The minimum absolute atomic E-state index is 0.103. The molecule has 2 heterocycles. The average molecular weight is 174 g/mol. The predicted octanol–water partition coefficient (Wildman–Crippen LogP) is 0.615. The lowest BCUT2D eigenvalue weighted by Gasteiger charge is -1.94. The number of aromatic hydroxyl groups is 1. The molecule has 5 nitrogen and oxygen atoms in total. The van der Waals surface area contributed by atoms with Gasteiger partial charge in [0.2, 0.25) is 5.88 Å². The molecular formula is C8H6N4O. The fourth-order valence-corrected chi connectivity index (χ4v) is 1.25. The molecule has 0 unspecified atom stereocenters. The van der Waals surface area contributed by atoms with E-state index in [1.54, 1.807) is 13.1 Å². The summed E-state index contributed by atoms with van der Waals surface area (Å²) >= 11 is 0. The first kappa shape index (κ1) is 7.55. The van der Waals surface area contributed by atoms with Crippen molar-refractivity contribution in [2.75, 3.05) is 0 Å². The van der Waals surface area contributed by atoms with Gasteiger partial charge < -0.3 is 5.11 Å². The van der Waals surface area contributed by atoms with Gasteiger partial charge in [-0.2, -0.15) is 15.3 Å². The number of rotatable bonds is 0. The minimum atomic E-state index is -0.103. The Morgan fingerprint density at radius 3 is 3.00 bits per heavy atom. The van der Waals surface area contributed by atoms with Gasteiger partial charge in [0, 0.05) is 6.20 Å². The number of fused-ring (bicyclic) bond motifs is 1. The second-order valence-corrected chi connectivity index (χ2v) is 2.66. The fraction of sp³-hybridized carbons (Fsp3) is 0.125. The van der Waals surface area contributed by atoms with Crippen molar-refractivity contribution >= 4 is 5.52 Å². The summed E-state index contributed by atoms with van der Waals surface area (Å²) in [6.07, 6.45) is 2.80. The van der Waals surface area contributed by atoms with E-state index in [1.165, 1.54) is 10.8 Å². The molecule has 0 aliphatic carbocycles. The zero-order valence-corrected chi connectivity index (χ0v) is 6.89. The molecule has 0 bridgehead atoms. The molecule has 0 saturated heterocycles. The molecule has 1 N–H and O–H groups in total. The Morgan fingerprint density at radius 1 is 1.62 bits per heavy atom. The van der Waals surface area contributed by atoms with E-state index in [2.05, 4.69) is 10.1 Å². The molecular weight excluding hydrogens is 168 g/mol. The number of nitriles is 1. The third-order valence-corrected chi connectivity index (χ3v) is 1.93. The third-order valence-electron chi connectivity index (χ3n) is 1.93. The standard InChI is InChI=1S/C8H6N4O/c1-5-6(2-9)3-12-7(5)8(13)10-4-11-12/h3-4H,1H3,(H,10,11,13). The van der Waals surface area contributed by atoms with E-state index in [1.807, 2.05) is 6.07 Å². The van der Waals surface area contributed by atoms with Gasteiger partial charge >= 0.3 is 0 Å². The molecule has 2 rings (SSSR count). The molecule has 0 aliphatic rings. The molecule has 0 aliphatic heterocycles. The Labute approximate surface area is 73.9 Å². The van der Waals surface area contributed by atoms with Crippen LogP contribution < -0.4 is 0 Å². The Morgan fingerprint density at radius 2 is 2.38 bits per heavy atom. The lowest BCUT2D eigenvalue weighted by Crippen LogP contribution is -1.90. The van der Waals surface area contributed by atoms with Crippen LogP contribution in [0.5, 0.6) is 5.88 Å². The van der Waals surface area contributed by atoms with Crippen molar-refractivity contribution < 1.29 is 5.11 Å².